The fourth-order valence-electron chi connectivity index (χ4n) is 3.35. The Balaban J connectivity index is 2.09. The van der Waals surface area contributed by atoms with Crippen LogP contribution >= 0.6 is 0 Å². The van der Waals surface area contributed by atoms with E-state index in [4.69, 9.17) is 5.26 Å². The second-order valence-corrected chi connectivity index (χ2v) is 7.34. The number of nitrogens with zero attached hydrogens (tertiary/aromatic N) is 4. The monoisotopic (exact) mass is 445 g/mol. The van der Waals surface area contributed by atoms with Gasteiger partial charge in [0.25, 0.3) is 5.91 Å². The number of carbonyl (C=O) groups is 1. The lowest BCUT2D eigenvalue weighted by Crippen LogP contribution is -2.15. The van der Waals surface area contributed by atoms with Gasteiger partial charge in [0.15, 0.2) is 0 Å². The van der Waals surface area contributed by atoms with Crippen molar-refractivity contribution in [2.75, 3.05) is 12.4 Å². The summed E-state index contributed by atoms with van der Waals surface area (Å²) >= 11 is 0. The van der Waals surface area contributed by atoms with Gasteiger partial charge in [0, 0.05) is 18.2 Å². The topological polar surface area (TPSA) is 90.5 Å². The van der Waals surface area contributed by atoms with E-state index in [0.717, 1.165) is 12.0 Å². The average Bonchev–Trinajstić information content (AvgIpc) is 2.82. The van der Waals surface area contributed by atoms with Crippen molar-refractivity contribution in [2.24, 2.45) is 16.1 Å². The minimum atomic E-state index is -0.373. The van der Waals surface area contributed by atoms with E-state index in [1.807, 2.05) is 19.9 Å². The van der Waals surface area contributed by atoms with Gasteiger partial charge in [-0.2, -0.15) is 15.5 Å². The van der Waals surface area contributed by atoms with Crippen LogP contribution in [0.15, 0.2) is 82.7 Å². The number of halogens is 1. The number of hydrogen-bond donors (Lipinski definition) is 1. The molecule has 0 bridgehead atoms. The number of benzene rings is 1. The second-order valence-electron chi connectivity index (χ2n) is 7.34. The number of nitrogens with one attached hydrogen (secondary N) is 1. The smallest absolute Gasteiger partial charge is 0.251 e. The maximum atomic E-state index is 14.3. The third kappa shape index (κ3) is 7.32. The highest BCUT2D eigenvalue weighted by Gasteiger charge is 2.16. The molecule has 7 heteroatoms. The minimum absolute atomic E-state index is 0.0816. The highest BCUT2D eigenvalue weighted by Crippen LogP contribution is 2.28. The zero-order chi connectivity index (χ0) is 24.2. The van der Waals surface area contributed by atoms with Crippen LogP contribution in [0.3, 0.4) is 0 Å². The van der Waals surface area contributed by atoms with Gasteiger partial charge in [-0.05, 0) is 68.0 Å². The summed E-state index contributed by atoms with van der Waals surface area (Å²) in [7, 11) is 1.54. The fraction of sp³-hybridized carbons (Fsp3) is 0.269. The molecule has 1 atom stereocenters. The Kier molecular flexibility index (Phi) is 9.84. The largest absolute Gasteiger partial charge is 0.321 e. The van der Waals surface area contributed by atoms with Crippen LogP contribution in [-0.4, -0.2) is 17.9 Å². The van der Waals surface area contributed by atoms with E-state index in [-0.39, 0.29) is 23.3 Å². The number of anilines is 1. The molecule has 0 saturated carbocycles. The molecule has 2 rings (SSSR count). The van der Waals surface area contributed by atoms with Crippen molar-refractivity contribution in [1.29, 1.82) is 5.26 Å². The first-order valence-electron chi connectivity index (χ1n) is 10.7. The van der Waals surface area contributed by atoms with E-state index in [2.05, 4.69) is 27.1 Å². The zero-order valence-corrected chi connectivity index (χ0v) is 19.2. The van der Waals surface area contributed by atoms with E-state index < -0.39 is 0 Å². The maximum Gasteiger partial charge on any atom is 0.251 e. The van der Waals surface area contributed by atoms with Crippen molar-refractivity contribution in [3.63, 3.8) is 0 Å². The molecule has 0 aliphatic heterocycles. The minimum Gasteiger partial charge on any atom is -0.321 e. The lowest BCUT2D eigenvalue weighted by atomic mass is 9.89. The SMILES string of the molecule is C=C(/C=C(\N=NC)c1ccccc1F)[C@H](CC)CC/C(=C/C)C(=O)Nc1ccc(C#N)nc1. The number of pyridine rings is 1. The highest BCUT2D eigenvalue weighted by molar-refractivity contribution is 6.03. The number of carbonyl (C=O) groups excluding carboxylic acids is 1. The van der Waals surface area contributed by atoms with Crippen molar-refractivity contribution >= 4 is 17.3 Å². The number of azo groups is 1. The number of aromatic nitrogens is 1. The van der Waals surface area contributed by atoms with E-state index in [1.54, 1.807) is 42.5 Å². The quantitative estimate of drug-likeness (QED) is 0.258. The van der Waals surface area contributed by atoms with Crippen molar-refractivity contribution in [2.45, 2.75) is 33.1 Å². The Morgan fingerprint density at radius 3 is 2.67 bits per heavy atom. The summed E-state index contributed by atoms with van der Waals surface area (Å²) < 4.78 is 14.3. The summed E-state index contributed by atoms with van der Waals surface area (Å²) in [5, 5.41) is 19.6. The molecule has 0 fully saturated rings. The van der Waals surface area contributed by atoms with E-state index in [1.165, 1.54) is 19.3 Å². The summed E-state index contributed by atoms with van der Waals surface area (Å²) in [5.74, 6) is -0.507. The Bertz CT molecular complexity index is 1110. The van der Waals surface area contributed by atoms with Crippen molar-refractivity contribution < 1.29 is 9.18 Å². The molecule has 1 heterocycles. The lowest BCUT2D eigenvalue weighted by molar-refractivity contribution is -0.113. The molecule has 0 radical (unpaired) electrons. The van der Waals surface area contributed by atoms with E-state index in [0.29, 0.717) is 35.4 Å². The molecule has 0 aliphatic rings. The van der Waals surface area contributed by atoms with Gasteiger partial charge in [-0.15, -0.1) is 0 Å². The first-order chi connectivity index (χ1) is 15.9. The Hall–Kier alpha value is -3.92. The van der Waals surface area contributed by atoms with E-state index in [9.17, 15) is 9.18 Å². The Morgan fingerprint density at radius 2 is 2.09 bits per heavy atom. The first-order valence-corrected chi connectivity index (χ1v) is 10.7. The Morgan fingerprint density at radius 1 is 1.33 bits per heavy atom. The van der Waals surface area contributed by atoms with Crippen LogP contribution in [0.4, 0.5) is 10.1 Å². The molecule has 0 unspecified atom stereocenters. The van der Waals surface area contributed by atoms with Crippen LogP contribution in [-0.2, 0) is 4.79 Å². The van der Waals surface area contributed by atoms with Gasteiger partial charge in [-0.25, -0.2) is 9.37 Å². The first kappa shape index (κ1) is 25.3. The van der Waals surface area contributed by atoms with Gasteiger partial charge in [-0.1, -0.05) is 31.7 Å². The normalized spacial score (nSPS) is 12.9. The average molecular weight is 446 g/mol. The molecule has 1 amide bonds. The maximum absolute atomic E-state index is 14.3. The number of allylic oxidation sites excluding steroid dienone is 3. The fourth-order valence-corrected chi connectivity index (χ4v) is 3.35. The van der Waals surface area contributed by atoms with Crippen molar-refractivity contribution in [3.8, 4) is 6.07 Å². The summed E-state index contributed by atoms with van der Waals surface area (Å²) in [6, 6.07) is 11.6. The highest BCUT2D eigenvalue weighted by atomic mass is 19.1. The molecule has 33 heavy (non-hydrogen) atoms. The third-order valence-electron chi connectivity index (χ3n) is 5.23. The van der Waals surface area contributed by atoms with Crippen LogP contribution in [0.2, 0.25) is 0 Å². The third-order valence-corrected chi connectivity index (χ3v) is 5.23. The van der Waals surface area contributed by atoms with Crippen LogP contribution in [0, 0.1) is 23.1 Å². The lowest BCUT2D eigenvalue weighted by Gasteiger charge is -2.17. The van der Waals surface area contributed by atoms with Gasteiger partial charge in [0.1, 0.15) is 17.6 Å². The van der Waals surface area contributed by atoms with Gasteiger partial charge in [-0.3, -0.25) is 4.79 Å². The van der Waals surface area contributed by atoms with Crippen molar-refractivity contribution in [3.05, 3.63) is 89.5 Å². The van der Waals surface area contributed by atoms with Crippen molar-refractivity contribution in [1.82, 2.24) is 4.98 Å². The van der Waals surface area contributed by atoms with Gasteiger partial charge in [0.05, 0.1) is 17.6 Å². The predicted octanol–water partition coefficient (Wildman–Crippen LogP) is 6.46. The second kappa shape index (κ2) is 12.8. The molecule has 170 valence electrons. The predicted molar refractivity (Wildman–Crippen MR) is 129 cm³/mol. The molecule has 2 aromatic rings. The molecule has 6 nitrogen and oxygen atoms in total. The van der Waals surface area contributed by atoms with Gasteiger partial charge >= 0.3 is 0 Å². The molecular formula is C26H28FN5O. The van der Waals surface area contributed by atoms with Crippen LogP contribution in [0.5, 0.6) is 0 Å². The number of rotatable bonds is 10. The van der Waals surface area contributed by atoms with Crippen LogP contribution < -0.4 is 5.32 Å². The van der Waals surface area contributed by atoms with Gasteiger partial charge in [0.2, 0.25) is 0 Å². The summed E-state index contributed by atoms with van der Waals surface area (Å²) in [6.07, 6.45) is 7.05. The van der Waals surface area contributed by atoms with Crippen LogP contribution in [0.25, 0.3) is 5.70 Å². The molecule has 0 aliphatic carbocycles. The molecule has 1 N–H and O–H groups in total. The summed E-state index contributed by atoms with van der Waals surface area (Å²) in [5.41, 5.74) is 3.03. The van der Waals surface area contributed by atoms with Crippen LogP contribution in [0.1, 0.15) is 44.4 Å². The number of hydrogen-bond acceptors (Lipinski definition) is 5. The number of amides is 1. The molecule has 0 saturated heterocycles. The van der Waals surface area contributed by atoms with Gasteiger partial charge < -0.3 is 5.32 Å². The summed E-state index contributed by atoms with van der Waals surface area (Å²) in [6.45, 7) is 8.05. The zero-order valence-electron chi connectivity index (χ0n) is 19.2. The number of nitriles is 1. The molecule has 1 aromatic carbocycles. The Labute approximate surface area is 194 Å². The molecule has 1 aromatic heterocycles. The van der Waals surface area contributed by atoms with E-state index >= 15 is 0 Å². The molecular weight excluding hydrogens is 417 g/mol. The molecule has 0 spiro atoms. The summed E-state index contributed by atoms with van der Waals surface area (Å²) in [4.78, 5) is 16.6. The standard InChI is InChI=1S/C26H28FN5O/c1-5-19(18(3)15-25(32-29-4)23-9-7-8-10-24(23)27)11-12-20(6-2)26(33)31-22-14-13-21(16-28)30-17-22/h6-10,13-15,17,19H,3,5,11-12H2,1-2,4H3,(H,31,33)/b20-6-,25-15-,32-29?/t19-/m1/s1.